The van der Waals surface area contributed by atoms with Gasteiger partial charge in [-0.05, 0) is 43.7 Å². The molecule has 3 aromatic heterocycles. The molecule has 0 saturated carbocycles. The third kappa shape index (κ3) is 4.91. The lowest BCUT2D eigenvalue weighted by molar-refractivity contribution is -0.116. The fraction of sp³-hybridized carbons (Fsp3) is 0.375. The van der Waals surface area contributed by atoms with E-state index in [4.69, 9.17) is 9.72 Å². The number of aromatic nitrogens is 3. The maximum absolute atomic E-state index is 12.7. The number of hydrogen-bond acceptors (Lipinski definition) is 8. The van der Waals surface area contributed by atoms with Crippen LogP contribution in [0.3, 0.4) is 0 Å². The number of methoxy groups -OCH3 is 1. The van der Waals surface area contributed by atoms with E-state index in [0.29, 0.717) is 19.6 Å². The maximum Gasteiger partial charge on any atom is 0.226 e. The van der Waals surface area contributed by atoms with Crippen molar-refractivity contribution in [2.45, 2.75) is 26.3 Å². The Labute approximate surface area is 206 Å². The third-order valence-corrected chi connectivity index (χ3v) is 8.00. The first kappa shape index (κ1) is 23.1. The van der Waals surface area contributed by atoms with Gasteiger partial charge in [-0.25, -0.2) is 4.98 Å². The van der Waals surface area contributed by atoms with Crippen LogP contribution < -0.4 is 16.0 Å². The first-order valence-corrected chi connectivity index (χ1v) is 13.0. The summed E-state index contributed by atoms with van der Waals surface area (Å²) in [5.41, 5.74) is 6.33. The third-order valence-electron chi connectivity index (χ3n) is 5.80. The summed E-state index contributed by atoms with van der Waals surface area (Å²) in [5, 5.41) is 19.1. The summed E-state index contributed by atoms with van der Waals surface area (Å²) in [6, 6.07) is 8.33. The number of aromatic amines is 1. The number of fused-ring (bicyclic) bond motifs is 2. The lowest BCUT2D eigenvalue weighted by Gasteiger charge is -2.13. The lowest BCUT2D eigenvalue weighted by atomic mass is 10.0. The lowest BCUT2D eigenvalue weighted by Crippen LogP contribution is -2.24. The number of thiophene rings is 1. The molecule has 0 spiro atoms. The fourth-order valence-electron chi connectivity index (χ4n) is 4.10. The Morgan fingerprint density at radius 1 is 1.24 bits per heavy atom. The molecule has 8 nitrogen and oxygen atoms in total. The van der Waals surface area contributed by atoms with E-state index >= 15 is 0 Å². The van der Waals surface area contributed by atoms with Crippen LogP contribution in [0, 0.1) is 6.92 Å². The molecular formula is C24H28N6O2S2. The van der Waals surface area contributed by atoms with E-state index in [9.17, 15) is 4.79 Å². The summed E-state index contributed by atoms with van der Waals surface area (Å²) in [5.74, 6) is 0.00928. The molecule has 10 heteroatoms. The van der Waals surface area contributed by atoms with Gasteiger partial charge in [-0.1, -0.05) is 6.07 Å². The molecule has 0 aliphatic carbocycles. The molecule has 178 valence electrons. The number of rotatable bonds is 9. The normalized spacial score (nSPS) is 13.4. The van der Waals surface area contributed by atoms with Crippen LogP contribution in [0.2, 0.25) is 0 Å². The summed E-state index contributed by atoms with van der Waals surface area (Å²) in [7, 11) is 1.67. The first-order chi connectivity index (χ1) is 16.6. The molecule has 4 aromatic rings. The van der Waals surface area contributed by atoms with Crippen LogP contribution in [0.5, 0.6) is 0 Å². The van der Waals surface area contributed by atoms with Crippen LogP contribution >= 0.6 is 22.7 Å². The first-order valence-electron chi connectivity index (χ1n) is 11.4. The van der Waals surface area contributed by atoms with Gasteiger partial charge in [-0.15, -0.1) is 22.7 Å². The van der Waals surface area contributed by atoms with E-state index in [1.807, 2.05) is 13.0 Å². The molecule has 0 atom stereocenters. The zero-order chi connectivity index (χ0) is 23.5. The van der Waals surface area contributed by atoms with Gasteiger partial charge in [0, 0.05) is 54.9 Å². The van der Waals surface area contributed by atoms with Crippen molar-refractivity contribution in [2.24, 2.45) is 0 Å². The van der Waals surface area contributed by atoms with Crippen molar-refractivity contribution in [1.29, 1.82) is 0 Å². The zero-order valence-electron chi connectivity index (χ0n) is 19.3. The Kier molecular flexibility index (Phi) is 7.02. The van der Waals surface area contributed by atoms with Gasteiger partial charge >= 0.3 is 0 Å². The number of anilines is 1. The number of thiazole rings is 1. The molecule has 1 amide bonds. The second-order valence-corrected chi connectivity index (χ2v) is 10.4. The van der Waals surface area contributed by atoms with E-state index in [0.717, 1.165) is 68.8 Å². The number of ether oxygens (including phenoxy) is 1. The zero-order valence-corrected chi connectivity index (χ0v) is 20.9. The Bertz CT molecular complexity index is 1310. The smallest absolute Gasteiger partial charge is 0.226 e. The molecule has 4 heterocycles. The topological polar surface area (TPSA) is 104 Å². The quantitative estimate of drug-likeness (QED) is 0.262. The van der Waals surface area contributed by atoms with Gasteiger partial charge in [0.25, 0.3) is 0 Å². The number of carbonyl (C=O) groups is 1. The highest BCUT2D eigenvalue weighted by Gasteiger charge is 2.25. The van der Waals surface area contributed by atoms with E-state index in [2.05, 4.69) is 44.3 Å². The minimum absolute atomic E-state index is 0.00928. The van der Waals surface area contributed by atoms with E-state index < -0.39 is 0 Å². The number of amides is 1. The average Bonchev–Trinajstić information content (AvgIpc) is 3.54. The van der Waals surface area contributed by atoms with Gasteiger partial charge in [0.05, 0.1) is 22.5 Å². The van der Waals surface area contributed by atoms with E-state index in [1.165, 1.54) is 10.4 Å². The summed E-state index contributed by atoms with van der Waals surface area (Å²) >= 11 is 3.34. The van der Waals surface area contributed by atoms with Gasteiger partial charge in [0.15, 0.2) is 0 Å². The number of H-pyrrole nitrogens is 1. The number of aryl methyl sites for hydroxylation is 1. The molecule has 0 unspecified atom stereocenters. The SMILES string of the molecule is COCCNCCC(=O)Nc1sc2c(c1-c1nc3cc(-c4cc(C)[nH]n4)ccc3s1)CCNC2. The molecule has 0 fully saturated rings. The molecule has 4 N–H and O–H groups in total. The van der Waals surface area contributed by atoms with Gasteiger partial charge in [0.1, 0.15) is 10.0 Å². The molecule has 1 aliphatic rings. The number of nitrogens with zero attached hydrogens (tertiary/aromatic N) is 2. The highest BCUT2D eigenvalue weighted by molar-refractivity contribution is 7.23. The fourth-order valence-corrected chi connectivity index (χ4v) is 6.42. The van der Waals surface area contributed by atoms with Crippen LogP contribution in [-0.4, -0.2) is 54.4 Å². The summed E-state index contributed by atoms with van der Waals surface area (Å²) in [4.78, 5) is 19.0. The molecular weight excluding hydrogens is 468 g/mol. The monoisotopic (exact) mass is 496 g/mol. The van der Waals surface area contributed by atoms with Crippen LogP contribution in [0.15, 0.2) is 24.3 Å². The number of hydrogen-bond donors (Lipinski definition) is 4. The predicted octanol–water partition coefficient (Wildman–Crippen LogP) is 3.93. The van der Waals surface area contributed by atoms with Crippen molar-refractivity contribution >= 4 is 43.8 Å². The van der Waals surface area contributed by atoms with Crippen molar-refractivity contribution in [3.8, 4) is 21.8 Å². The van der Waals surface area contributed by atoms with Crippen LogP contribution in [0.4, 0.5) is 5.00 Å². The maximum atomic E-state index is 12.7. The van der Waals surface area contributed by atoms with E-state index in [1.54, 1.807) is 29.8 Å². The van der Waals surface area contributed by atoms with Crippen molar-refractivity contribution in [3.63, 3.8) is 0 Å². The molecule has 1 aliphatic heterocycles. The molecule has 1 aromatic carbocycles. The van der Waals surface area contributed by atoms with Crippen molar-refractivity contribution in [3.05, 3.63) is 40.4 Å². The highest BCUT2D eigenvalue weighted by Crippen LogP contribution is 2.45. The molecule has 0 saturated heterocycles. The summed E-state index contributed by atoms with van der Waals surface area (Å²) in [6.07, 6.45) is 1.35. The number of nitrogens with one attached hydrogen (secondary N) is 4. The van der Waals surface area contributed by atoms with Crippen molar-refractivity contribution < 1.29 is 9.53 Å². The van der Waals surface area contributed by atoms with Crippen LogP contribution in [0.25, 0.3) is 32.0 Å². The molecule has 0 radical (unpaired) electrons. The Morgan fingerprint density at radius 2 is 2.15 bits per heavy atom. The van der Waals surface area contributed by atoms with Gasteiger partial charge in [-0.3, -0.25) is 9.89 Å². The minimum atomic E-state index is 0.00928. The Hall–Kier alpha value is -2.63. The second kappa shape index (κ2) is 10.3. The van der Waals surface area contributed by atoms with Crippen molar-refractivity contribution in [1.82, 2.24) is 25.8 Å². The molecule has 0 bridgehead atoms. The Balaban J connectivity index is 1.43. The average molecular weight is 497 g/mol. The van der Waals surface area contributed by atoms with Gasteiger partial charge < -0.3 is 20.7 Å². The van der Waals surface area contributed by atoms with E-state index in [-0.39, 0.29) is 5.91 Å². The van der Waals surface area contributed by atoms with Crippen molar-refractivity contribution in [2.75, 3.05) is 38.7 Å². The number of benzene rings is 1. The number of carbonyl (C=O) groups excluding carboxylic acids is 1. The molecule has 5 rings (SSSR count). The Morgan fingerprint density at radius 3 is 2.97 bits per heavy atom. The summed E-state index contributed by atoms with van der Waals surface area (Å²) < 4.78 is 6.16. The standard InChI is InChI=1S/C24H28N6O2S2/c1-14-11-17(30-29-14)15-3-4-19-18(12-15)27-23(33-19)22-16-5-7-26-13-20(16)34-24(22)28-21(31)6-8-25-9-10-32-2/h3-4,11-12,25-26H,5-10,13H2,1-2H3,(H,28,31)(H,29,30). The predicted molar refractivity (Wildman–Crippen MR) is 139 cm³/mol. The van der Waals surface area contributed by atoms with Crippen LogP contribution in [0.1, 0.15) is 22.6 Å². The highest BCUT2D eigenvalue weighted by atomic mass is 32.1. The largest absolute Gasteiger partial charge is 0.383 e. The second-order valence-electron chi connectivity index (χ2n) is 8.31. The minimum Gasteiger partial charge on any atom is -0.383 e. The van der Waals surface area contributed by atoms with Gasteiger partial charge in [-0.2, -0.15) is 5.10 Å². The summed E-state index contributed by atoms with van der Waals surface area (Å²) in [6.45, 7) is 5.74. The van der Waals surface area contributed by atoms with Crippen LogP contribution in [-0.2, 0) is 22.5 Å². The van der Waals surface area contributed by atoms with Gasteiger partial charge in [0.2, 0.25) is 5.91 Å². The molecule has 34 heavy (non-hydrogen) atoms.